The van der Waals surface area contributed by atoms with Gasteiger partial charge in [0.25, 0.3) is 5.91 Å². The number of hydrogen-bond donors (Lipinski definition) is 2. The summed E-state index contributed by atoms with van der Waals surface area (Å²) in [4.78, 5) is 20.6. The Morgan fingerprint density at radius 2 is 1.88 bits per heavy atom. The first-order valence-electron chi connectivity index (χ1n) is 9.01. The molecule has 1 aliphatic heterocycles. The lowest BCUT2D eigenvalue weighted by molar-refractivity contribution is 0.0857. The second-order valence-electron chi connectivity index (χ2n) is 7.59. The van der Waals surface area contributed by atoms with Gasteiger partial charge in [-0.25, -0.2) is 9.97 Å². The lowest BCUT2D eigenvalue weighted by atomic mass is 9.87. The van der Waals surface area contributed by atoms with Gasteiger partial charge in [0, 0.05) is 31.2 Å². The lowest BCUT2D eigenvalue weighted by Crippen LogP contribution is -2.31. The minimum absolute atomic E-state index is 0.119. The molecule has 0 aliphatic carbocycles. The average Bonchev–Trinajstić information content (AvgIpc) is 3.13. The zero-order valence-electron chi connectivity index (χ0n) is 15.6. The maximum Gasteiger partial charge on any atom is 0.254 e. The van der Waals surface area contributed by atoms with Gasteiger partial charge in [-0.15, -0.1) is 0 Å². The van der Waals surface area contributed by atoms with Crippen molar-refractivity contribution in [3.8, 4) is 0 Å². The van der Waals surface area contributed by atoms with Crippen LogP contribution in [0.3, 0.4) is 0 Å². The van der Waals surface area contributed by atoms with E-state index in [2.05, 4.69) is 53.5 Å². The second kappa shape index (κ2) is 7.83. The van der Waals surface area contributed by atoms with E-state index in [1.807, 2.05) is 12.1 Å². The molecule has 0 bridgehead atoms. The van der Waals surface area contributed by atoms with Crippen LogP contribution in [0.15, 0.2) is 36.7 Å². The van der Waals surface area contributed by atoms with E-state index in [9.17, 15) is 4.79 Å². The van der Waals surface area contributed by atoms with Gasteiger partial charge in [-0.1, -0.05) is 32.9 Å². The first-order valence-corrected chi connectivity index (χ1v) is 9.01. The summed E-state index contributed by atoms with van der Waals surface area (Å²) >= 11 is 0. The lowest BCUT2D eigenvalue weighted by Gasteiger charge is -2.19. The summed E-state index contributed by atoms with van der Waals surface area (Å²) in [5.74, 6) is 0.283. The van der Waals surface area contributed by atoms with Gasteiger partial charge in [0.2, 0.25) is 5.95 Å². The Hall–Kier alpha value is -2.47. The van der Waals surface area contributed by atoms with Crippen molar-refractivity contribution in [1.82, 2.24) is 15.3 Å². The van der Waals surface area contributed by atoms with Crippen LogP contribution in [0.4, 0.5) is 11.6 Å². The van der Waals surface area contributed by atoms with Gasteiger partial charge < -0.3 is 15.4 Å². The number of nitrogens with one attached hydrogen (secondary N) is 2. The molecule has 26 heavy (non-hydrogen) atoms. The number of carbonyl (C=O) groups excluding carboxylic acids is 1. The molecule has 1 saturated heterocycles. The predicted molar refractivity (Wildman–Crippen MR) is 102 cm³/mol. The fourth-order valence-corrected chi connectivity index (χ4v) is 2.81. The van der Waals surface area contributed by atoms with Crippen molar-refractivity contribution < 1.29 is 9.53 Å². The van der Waals surface area contributed by atoms with Crippen molar-refractivity contribution >= 4 is 17.5 Å². The number of aromatic nitrogens is 2. The standard InChI is InChI=1S/C20H26N4O2/c1-20(2,3)15-6-8-16(9-7-15)24-19-22-11-14(12-23-19)18(25)21-13-17-5-4-10-26-17/h6-9,11-12,17H,4-5,10,13H2,1-3H3,(H,21,25)(H,22,23,24). The highest BCUT2D eigenvalue weighted by Gasteiger charge is 2.17. The first kappa shape index (κ1) is 18.3. The highest BCUT2D eigenvalue weighted by atomic mass is 16.5. The van der Waals surface area contributed by atoms with E-state index in [1.54, 1.807) is 0 Å². The van der Waals surface area contributed by atoms with Crippen LogP contribution in [0.5, 0.6) is 0 Å². The number of amides is 1. The molecule has 1 atom stereocenters. The summed E-state index contributed by atoms with van der Waals surface area (Å²) in [6, 6.07) is 8.20. The minimum atomic E-state index is -0.179. The zero-order valence-corrected chi connectivity index (χ0v) is 15.6. The second-order valence-corrected chi connectivity index (χ2v) is 7.59. The van der Waals surface area contributed by atoms with Gasteiger partial charge in [-0.3, -0.25) is 4.79 Å². The summed E-state index contributed by atoms with van der Waals surface area (Å²) in [6.45, 7) is 7.85. The molecule has 2 aromatic rings. The summed E-state index contributed by atoms with van der Waals surface area (Å²) in [5.41, 5.74) is 2.74. The van der Waals surface area contributed by atoms with Crippen molar-refractivity contribution in [3.05, 3.63) is 47.8 Å². The van der Waals surface area contributed by atoms with Crippen LogP contribution in [-0.2, 0) is 10.2 Å². The largest absolute Gasteiger partial charge is 0.376 e. The molecule has 0 spiro atoms. The Balaban J connectivity index is 1.56. The molecule has 3 rings (SSSR count). The molecule has 1 aromatic carbocycles. The molecule has 6 heteroatoms. The molecule has 138 valence electrons. The summed E-state index contributed by atoms with van der Waals surface area (Å²) in [7, 11) is 0. The SMILES string of the molecule is CC(C)(C)c1ccc(Nc2ncc(C(=O)NCC3CCCO3)cn2)cc1. The maximum atomic E-state index is 12.1. The van der Waals surface area contributed by atoms with Crippen LogP contribution >= 0.6 is 0 Å². The van der Waals surface area contributed by atoms with Gasteiger partial charge >= 0.3 is 0 Å². The van der Waals surface area contributed by atoms with Crippen molar-refractivity contribution in [2.75, 3.05) is 18.5 Å². The van der Waals surface area contributed by atoms with Gasteiger partial charge in [0.1, 0.15) is 0 Å². The monoisotopic (exact) mass is 354 g/mol. The molecule has 1 aromatic heterocycles. The molecule has 2 heterocycles. The number of carbonyl (C=O) groups is 1. The Morgan fingerprint density at radius 1 is 1.19 bits per heavy atom. The quantitative estimate of drug-likeness (QED) is 0.860. The Labute approximate surface area is 154 Å². The van der Waals surface area contributed by atoms with E-state index in [1.165, 1.54) is 18.0 Å². The fraction of sp³-hybridized carbons (Fsp3) is 0.450. The van der Waals surface area contributed by atoms with Crippen LogP contribution in [-0.4, -0.2) is 35.1 Å². The van der Waals surface area contributed by atoms with Gasteiger partial charge in [0.05, 0.1) is 11.7 Å². The minimum Gasteiger partial charge on any atom is -0.376 e. The number of hydrogen-bond acceptors (Lipinski definition) is 5. The van der Waals surface area contributed by atoms with E-state index >= 15 is 0 Å². The van der Waals surface area contributed by atoms with Crippen LogP contribution in [0.1, 0.15) is 49.5 Å². The van der Waals surface area contributed by atoms with Crippen LogP contribution in [0, 0.1) is 0 Å². The Bertz CT molecular complexity index is 730. The molecule has 0 radical (unpaired) electrons. The van der Waals surface area contributed by atoms with E-state index in [0.29, 0.717) is 18.1 Å². The molecular weight excluding hydrogens is 328 g/mol. The molecule has 1 fully saturated rings. The van der Waals surface area contributed by atoms with Gasteiger partial charge in [0.15, 0.2) is 0 Å². The Morgan fingerprint density at radius 3 is 2.46 bits per heavy atom. The molecular formula is C20H26N4O2. The van der Waals surface area contributed by atoms with Gasteiger partial charge in [-0.2, -0.15) is 0 Å². The van der Waals surface area contributed by atoms with E-state index in [0.717, 1.165) is 25.1 Å². The van der Waals surface area contributed by atoms with Crippen molar-refractivity contribution in [1.29, 1.82) is 0 Å². The number of rotatable bonds is 5. The molecule has 1 amide bonds. The summed E-state index contributed by atoms with van der Waals surface area (Å²) in [5, 5.41) is 6.02. The first-order chi connectivity index (χ1) is 12.4. The van der Waals surface area contributed by atoms with Crippen molar-refractivity contribution in [2.24, 2.45) is 0 Å². The number of ether oxygens (including phenoxy) is 1. The topological polar surface area (TPSA) is 76.1 Å². The third-order valence-electron chi connectivity index (χ3n) is 4.44. The van der Waals surface area contributed by atoms with Gasteiger partial charge in [-0.05, 0) is 36.0 Å². The Kier molecular flexibility index (Phi) is 5.52. The highest BCUT2D eigenvalue weighted by Crippen LogP contribution is 2.24. The molecule has 1 unspecified atom stereocenters. The molecule has 6 nitrogen and oxygen atoms in total. The van der Waals surface area contributed by atoms with E-state index < -0.39 is 0 Å². The maximum absolute atomic E-state index is 12.1. The third kappa shape index (κ3) is 4.79. The van der Waals surface area contributed by atoms with Crippen LogP contribution in [0.2, 0.25) is 0 Å². The zero-order chi connectivity index (χ0) is 18.6. The van der Waals surface area contributed by atoms with Crippen LogP contribution in [0.25, 0.3) is 0 Å². The smallest absolute Gasteiger partial charge is 0.254 e. The average molecular weight is 354 g/mol. The highest BCUT2D eigenvalue weighted by molar-refractivity contribution is 5.93. The number of benzene rings is 1. The molecule has 0 saturated carbocycles. The van der Waals surface area contributed by atoms with E-state index in [-0.39, 0.29) is 17.4 Å². The molecule has 1 aliphatic rings. The normalized spacial score (nSPS) is 17.1. The number of anilines is 2. The fourth-order valence-electron chi connectivity index (χ4n) is 2.81. The van der Waals surface area contributed by atoms with E-state index in [4.69, 9.17) is 4.74 Å². The summed E-state index contributed by atoms with van der Waals surface area (Å²) in [6.07, 6.45) is 5.23. The molecule has 2 N–H and O–H groups in total. The summed E-state index contributed by atoms with van der Waals surface area (Å²) < 4.78 is 5.50. The number of nitrogens with zero attached hydrogens (tertiary/aromatic N) is 2. The van der Waals surface area contributed by atoms with Crippen LogP contribution < -0.4 is 10.6 Å². The predicted octanol–water partition coefficient (Wildman–Crippen LogP) is 3.43. The van der Waals surface area contributed by atoms with Crippen molar-refractivity contribution in [3.63, 3.8) is 0 Å². The van der Waals surface area contributed by atoms with Crippen molar-refractivity contribution in [2.45, 2.75) is 45.1 Å². The third-order valence-corrected chi connectivity index (χ3v) is 4.44.